The Labute approximate surface area is 118 Å². The van der Waals surface area contributed by atoms with E-state index in [4.69, 9.17) is 9.47 Å². The van der Waals surface area contributed by atoms with E-state index in [1.807, 2.05) is 0 Å². The minimum atomic E-state index is -0.241. The first-order chi connectivity index (χ1) is 9.65. The number of hydrogen-bond donors (Lipinski definition) is 1. The van der Waals surface area contributed by atoms with Crippen molar-refractivity contribution in [2.75, 3.05) is 13.7 Å². The molecular weight excluding hydrogens is 282 g/mol. The van der Waals surface area contributed by atoms with Crippen LogP contribution in [-0.2, 0) is 6.54 Å². The number of ether oxygens (including phenoxy) is 2. The topological polar surface area (TPSA) is 77.8 Å². The van der Waals surface area contributed by atoms with Crippen molar-refractivity contribution in [2.45, 2.75) is 6.54 Å². The first kappa shape index (κ1) is 14.1. The van der Waals surface area contributed by atoms with E-state index in [-0.39, 0.29) is 23.9 Å². The predicted molar refractivity (Wildman–Crippen MR) is 74.1 cm³/mol. The highest BCUT2D eigenvalue weighted by molar-refractivity contribution is 7.07. The van der Waals surface area contributed by atoms with Crippen LogP contribution in [0.1, 0.15) is 10.4 Å². The number of aldehydes is 1. The van der Waals surface area contributed by atoms with Crippen LogP contribution in [0.25, 0.3) is 0 Å². The van der Waals surface area contributed by atoms with Crippen molar-refractivity contribution in [1.82, 2.24) is 4.57 Å². The summed E-state index contributed by atoms with van der Waals surface area (Å²) in [5, 5.41) is 10.8. The highest BCUT2D eigenvalue weighted by Crippen LogP contribution is 2.27. The Morgan fingerprint density at radius 3 is 2.80 bits per heavy atom. The Morgan fingerprint density at radius 1 is 1.40 bits per heavy atom. The maximum absolute atomic E-state index is 11.4. The molecule has 0 saturated carbocycles. The lowest BCUT2D eigenvalue weighted by Gasteiger charge is -2.11. The van der Waals surface area contributed by atoms with E-state index < -0.39 is 0 Å². The molecule has 0 atom stereocenters. The van der Waals surface area contributed by atoms with Gasteiger partial charge in [0.15, 0.2) is 11.5 Å². The van der Waals surface area contributed by atoms with E-state index >= 15 is 0 Å². The number of methoxy groups -OCH3 is 1. The van der Waals surface area contributed by atoms with Crippen LogP contribution >= 0.6 is 11.3 Å². The largest absolute Gasteiger partial charge is 0.494 e. The van der Waals surface area contributed by atoms with Crippen LogP contribution in [0, 0.1) is 0 Å². The van der Waals surface area contributed by atoms with Gasteiger partial charge in [0.2, 0.25) is 5.88 Å². The molecule has 0 unspecified atom stereocenters. The quantitative estimate of drug-likeness (QED) is 0.817. The van der Waals surface area contributed by atoms with Gasteiger partial charge in [-0.15, -0.1) is 0 Å². The van der Waals surface area contributed by atoms with Crippen molar-refractivity contribution >= 4 is 17.6 Å². The van der Waals surface area contributed by atoms with Crippen LogP contribution in [0.4, 0.5) is 0 Å². The van der Waals surface area contributed by atoms with Crippen LogP contribution in [0.5, 0.6) is 17.4 Å². The number of aromatic hydroxyl groups is 1. The zero-order valence-corrected chi connectivity index (χ0v) is 11.6. The third kappa shape index (κ3) is 3.00. The van der Waals surface area contributed by atoms with Crippen molar-refractivity contribution in [3.63, 3.8) is 0 Å². The molecule has 106 valence electrons. The van der Waals surface area contributed by atoms with E-state index in [9.17, 15) is 14.7 Å². The Morgan fingerprint density at radius 2 is 2.20 bits per heavy atom. The molecule has 1 heterocycles. The van der Waals surface area contributed by atoms with E-state index in [2.05, 4.69) is 0 Å². The highest BCUT2D eigenvalue weighted by Gasteiger charge is 2.08. The summed E-state index contributed by atoms with van der Waals surface area (Å²) in [6.07, 6.45) is 0.718. The minimum Gasteiger partial charge on any atom is -0.494 e. The number of benzene rings is 1. The van der Waals surface area contributed by atoms with Crippen molar-refractivity contribution in [3.05, 3.63) is 38.8 Å². The third-order valence-corrected chi connectivity index (χ3v) is 3.41. The lowest BCUT2D eigenvalue weighted by atomic mass is 10.2. The SMILES string of the molecule is COc1cc(C=O)ccc1OCCn1c(O)csc1=O. The first-order valence-corrected chi connectivity index (χ1v) is 6.67. The summed E-state index contributed by atoms with van der Waals surface area (Å²) in [6, 6.07) is 4.80. The maximum Gasteiger partial charge on any atom is 0.310 e. The van der Waals surface area contributed by atoms with Gasteiger partial charge in [0.25, 0.3) is 0 Å². The summed E-state index contributed by atoms with van der Waals surface area (Å²) in [7, 11) is 1.48. The summed E-state index contributed by atoms with van der Waals surface area (Å²) in [4.78, 5) is 21.8. The molecule has 0 aliphatic carbocycles. The second-order valence-electron chi connectivity index (χ2n) is 3.89. The van der Waals surface area contributed by atoms with Gasteiger partial charge in [0, 0.05) is 5.56 Å². The minimum absolute atomic E-state index is 0.0770. The monoisotopic (exact) mass is 295 g/mol. The van der Waals surface area contributed by atoms with E-state index in [0.29, 0.717) is 17.1 Å². The fourth-order valence-electron chi connectivity index (χ4n) is 1.65. The maximum atomic E-state index is 11.4. The number of hydrogen-bond acceptors (Lipinski definition) is 6. The summed E-state index contributed by atoms with van der Waals surface area (Å²) in [5.41, 5.74) is 0.487. The lowest BCUT2D eigenvalue weighted by Crippen LogP contribution is -2.17. The first-order valence-electron chi connectivity index (χ1n) is 5.79. The van der Waals surface area contributed by atoms with Gasteiger partial charge < -0.3 is 14.6 Å². The molecule has 1 N–H and O–H groups in total. The molecule has 0 bridgehead atoms. The molecule has 0 spiro atoms. The van der Waals surface area contributed by atoms with Gasteiger partial charge in [-0.05, 0) is 18.2 Å². The average molecular weight is 295 g/mol. The molecule has 6 nitrogen and oxygen atoms in total. The van der Waals surface area contributed by atoms with E-state index in [0.717, 1.165) is 17.6 Å². The zero-order chi connectivity index (χ0) is 14.5. The van der Waals surface area contributed by atoms with Crippen LogP contribution < -0.4 is 14.3 Å². The Bertz CT molecular complexity index is 661. The van der Waals surface area contributed by atoms with Gasteiger partial charge in [-0.25, -0.2) is 0 Å². The normalized spacial score (nSPS) is 10.2. The summed E-state index contributed by atoms with van der Waals surface area (Å²) in [5.74, 6) is 0.837. The Hall–Kier alpha value is -2.28. The van der Waals surface area contributed by atoms with Crippen LogP contribution in [0.2, 0.25) is 0 Å². The fourth-order valence-corrected chi connectivity index (χ4v) is 2.30. The number of carbonyl (C=O) groups excluding carboxylic acids is 1. The molecule has 7 heteroatoms. The molecule has 1 aromatic heterocycles. The molecule has 2 aromatic rings. The summed E-state index contributed by atoms with van der Waals surface area (Å²) < 4.78 is 11.8. The predicted octanol–water partition coefficient (Wildman–Crippen LogP) is 1.52. The molecule has 0 radical (unpaired) electrons. The van der Waals surface area contributed by atoms with Crippen molar-refractivity contribution in [3.8, 4) is 17.4 Å². The number of aromatic nitrogens is 1. The molecule has 2 rings (SSSR count). The smallest absolute Gasteiger partial charge is 0.310 e. The van der Waals surface area contributed by atoms with E-state index in [1.165, 1.54) is 17.1 Å². The second-order valence-corrected chi connectivity index (χ2v) is 4.71. The average Bonchev–Trinajstić information content (AvgIpc) is 2.79. The Kier molecular flexibility index (Phi) is 4.41. The number of thiazole rings is 1. The summed E-state index contributed by atoms with van der Waals surface area (Å²) >= 11 is 0.928. The van der Waals surface area contributed by atoms with Crippen molar-refractivity contribution < 1.29 is 19.4 Å². The number of nitrogens with zero attached hydrogens (tertiary/aromatic N) is 1. The van der Waals surface area contributed by atoms with Gasteiger partial charge in [-0.1, -0.05) is 11.3 Å². The third-order valence-electron chi connectivity index (χ3n) is 2.66. The molecule has 0 fully saturated rings. The molecule has 1 aromatic carbocycles. The van der Waals surface area contributed by atoms with Gasteiger partial charge in [0.1, 0.15) is 12.9 Å². The standard InChI is InChI=1S/C13H13NO5S/c1-18-11-6-9(7-15)2-3-10(11)19-5-4-14-12(16)8-20-13(14)17/h2-3,6-8,16H,4-5H2,1H3. The van der Waals surface area contributed by atoms with Gasteiger partial charge in [0.05, 0.1) is 19.0 Å². The van der Waals surface area contributed by atoms with Gasteiger partial charge in [-0.2, -0.15) is 0 Å². The molecule has 20 heavy (non-hydrogen) atoms. The van der Waals surface area contributed by atoms with Crippen LogP contribution in [0.3, 0.4) is 0 Å². The molecule has 0 aliphatic rings. The van der Waals surface area contributed by atoms with Crippen molar-refractivity contribution in [2.24, 2.45) is 0 Å². The van der Waals surface area contributed by atoms with Crippen LogP contribution in [0.15, 0.2) is 28.4 Å². The van der Waals surface area contributed by atoms with Crippen LogP contribution in [-0.4, -0.2) is 29.7 Å². The van der Waals surface area contributed by atoms with Crippen molar-refractivity contribution in [1.29, 1.82) is 0 Å². The second kappa shape index (κ2) is 6.25. The van der Waals surface area contributed by atoms with E-state index in [1.54, 1.807) is 18.2 Å². The summed E-state index contributed by atoms with van der Waals surface area (Å²) in [6.45, 7) is 0.424. The Balaban J connectivity index is 2.04. The lowest BCUT2D eigenvalue weighted by molar-refractivity contribution is 0.112. The fraction of sp³-hybridized carbons (Fsp3) is 0.231. The molecule has 0 aliphatic heterocycles. The van der Waals surface area contributed by atoms with Gasteiger partial charge in [-0.3, -0.25) is 14.2 Å². The van der Waals surface area contributed by atoms with Gasteiger partial charge >= 0.3 is 4.87 Å². The highest BCUT2D eigenvalue weighted by atomic mass is 32.1. The number of rotatable bonds is 6. The number of carbonyl (C=O) groups is 1. The molecule has 0 saturated heterocycles. The zero-order valence-electron chi connectivity index (χ0n) is 10.7. The molecular formula is C13H13NO5S. The molecule has 0 amide bonds.